The summed E-state index contributed by atoms with van der Waals surface area (Å²) in [6, 6.07) is 7.93. The van der Waals surface area contributed by atoms with E-state index in [2.05, 4.69) is 4.98 Å². The number of aromatic nitrogens is 1. The quantitative estimate of drug-likeness (QED) is 0.365. The average molecular weight is 279 g/mol. The highest BCUT2D eigenvalue weighted by molar-refractivity contribution is 6.14. The lowest BCUT2D eigenvalue weighted by Crippen LogP contribution is -2.04. The summed E-state index contributed by atoms with van der Waals surface area (Å²) in [5, 5.41) is 1.35. The van der Waals surface area contributed by atoms with Gasteiger partial charge < -0.3 is 8.83 Å². The van der Waals surface area contributed by atoms with Crippen molar-refractivity contribution in [2.45, 2.75) is 6.92 Å². The Kier molecular flexibility index (Phi) is 2.27. The highest BCUT2D eigenvalue weighted by atomic mass is 16.4. The number of benzene rings is 1. The number of rotatable bonds is 0. The van der Waals surface area contributed by atoms with Gasteiger partial charge in [-0.25, -0.2) is 4.79 Å². The third-order valence-corrected chi connectivity index (χ3v) is 3.45. The van der Waals surface area contributed by atoms with Gasteiger partial charge in [0, 0.05) is 12.3 Å². The van der Waals surface area contributed by atoms with Crippen molar-refractivity contribution in [2.75, 3.05) is 0 Å². The number of hydrogen-bond donors (Lipinski definition) is 0. The van der Waals surface area contributed by atoms with Crippen molar-refractivity contribution in [3.8, 4) is 0 Å². The molecule has 4 aromatic rings. The molecule has 21 heavy (non-hydrogen) atoms. The van der Waals surface area contributed by atoms with Crippen molar-refractivity contribution >= 4 is 32.8 Å². The zero-order chi connectivity index (χ0) is 14.6. The first-order chi connectivity index (χ1) is 10.1. The molecule has 3 heterocycles. The van der Waals surface area contributed by atoms with Crippen LogP contribution in [0.1, 0.15) is 5.76 Å². The first-order valence-corrected chi connectivity index (χ1v) is 6.40. The molecule has 5 nitrogen and oxygen atoms in total. The summed E-state index contributed by atoms with van der Waals surface area (Å²) < 4.78 is 11.0. The van der Waals surface area contributed by atoms with Crippen LogP contribution in [0.25, 0.3) is 32.8 Å². The molecule has 3 aromatic heterocycles. The largest absolute Gasteiger partial charge is 0.460 e. The van der Waals surface area contributed by atoms with Crippen LogP contribution in [-0.2, 0) is 0 Å². The minimum Gasteiger partial charge on any atom is -0.460 e. The lowest BCUT2D eigenvalue weighted by atomic mass is 10.1. The van der Waals surface area contributed by atoms with Gasteiger partial charge in [-0.15, -0.1) is 0 Å². The van der Waals surface area contributed by atoms with E-state index in [1.807, 2.05) is 0 Å². The van der Waals surface area contributed by atoms with Crippen molar-refractivity contribution in [3.63, 3.8) is 0 Å². The van der Waals surface area contributed by atoms with Crippen LogP contribution in [0.2, 0.25) is 0 Å². The van der Waals surface area contributed by atoms with Crippen molar-refractivity contribution in [3.05, 3.63) is 62.9 Å². The molecule has 0 unspecified atom stereocenters. The number of nitrogens with zero attached hydrogens (tertiary/aromatic N) is 1. The highest BCUT2D eigenvalue weighted by Gasteiger charge is 2.14. The zero-order valence-electron chi connectivity index (χ0n) is 11.0. The monoisotopic (exact) mass is 279 g/mol. The molecule has 102 valence electrons. The summed E-state index contributed by atoms with van der Waals surface area (Å²) in [4.78, 5) is 28.3. The number of pyridine rings is 1. The fourth-order valence-electron chi connectivity index (χ4n) is 2.55. The molecular formula is C16H9NO4. The minimum absolute atomic E-state index is 0.133. The van der Waals surface area contributed by atoms with Gasteiger partial charge in [0.05, 0.1) is 21.7 Å². The predicted molar refractivity (Wildman–Crippen MR) is 78.6 cm³/mol. The third kappa shape index (κ3) is 1.61. The van der Waals surface area contributed by atoms with E-state index in [1.54, 1.807) is 37.4 Å². The second-order valence-corrected chi connectivity index (χ2v) is 4.83. The standard InChI is InChI=1S/C16H9NO4/c1-8-7-11(18)9-4-5-12-13(15(9)20-8)14-10(16(19)21-12)3-2-6-17-14/h2-7H,1H3. The van der Waals surface area contributed by atoms with Crippen LogP contribution in [0.3, 0.4) is 0 Å². The normalized spacial score (nSPS) is 11.5. The van der Waals surface area contributed by atoms with E-state index in [-0.39, 0.29) is 5.43 Å². The Morgan fingerprint density at radius 3 is 2.76 bits per heavy atom. The van der Waals surface area contributed by atoms with E-state index < -0.39 is 5.63 Å². The Labute approximate surface area is 117 Å². The zero-order valence-corrected chi connectivity index (χ0v) is 11.0. The van der Waals surface area contributed by atoms with Crippen LogP contribution in [0.4, 0.5) is 0 Å². The summed E-state index contributed by atoms with van der Waals surface area (Å²) in [6.45, 7) is 1.70. The summed E-state index contributed by atoms with van der Waals surface area (Å²) in [5.41, 5.74) is 0.631. The van der Waals surface area contributed by atoms with E-state index in [4.69, 9.17) is 8.83 Å². The van der Waals surface area contributed by atoms with Gasteiger partial charge in [0.2, 0.25) is 0 Å². The molecule has 0 saturated carbocycles. The topological polar surface area (TPSA) is 73.3 Å². The van der Waals surface area contributed by atoms with Crippen LogP contribution in [-0.4, -0.2) is 4.98 Å². The van der Waals surface area contributed by atoms with Gasteiger partial charge in [0.25, 0.3) is 0 Å². The van der Waals surface area contributed by atoms with Crippen LogP contribution in [0.5, 0.6) is 0 Å². The van der Waals surface area contributed by atoms with Gasteiger partial charge >= 0.3 is 5.63 Å². The fraction of sp³-hybridized carbons (Fsp3) is 0.0625. The lowest BCUT2D eigenvalue weighted by molar-refractivity contribution is 0.558. The molecule has 0 aliphatic rings. The van der Waals surface area contributed by atoms with Crippen LogP contribution in [0.15, 0.2) is 55.0 Å². The van der Waals surface area contributed by atoms with Gasteiger partial charge in [-0.2, -0.15) is 0 Å². The predicted octanol–water partition coefficient (Wildman–Crippen LogP) is 2.76. The first-order valence-electron chi connectivity index (χ1n) is 6.40. The number of fused-ring (bicyclic) bond motifs is 5. The van der Waals surface area contributed by atoms with Crippen LogP contribution < -0.4 is 11.1 Å². The molecule has 4 rings (SSSR count). The molecule has 1 aromatic carbocycles. The summed E-state index contributed by atoms with van der Waals surface area (Å²) in [6.07, 6.45) is 1.59. The second kappa shape index (κ2) is 4.02. The molecule has 0 atom stereocenters. The number of aryl methyl sites for hydroxylation is 1. The SMILES string of the molecule is Cc1cc(=O)c2ccc3oc(=O)c4cccnc4c3c2o1. The molecule has 5 heteroatoms. The Morgan fingerprint density at radius 2 is 1.90 bits per heavy atom. The van der Waals surface area contributed by atoms with Gasteiger partial charge in [-0.3, -0.25) is 9.78 Å². The van der Waals surface area contributed by atoms with E-state index >= 15 is 0 Å². The molecule has 0 aliphatic carbocycles. The van der Waals surface area contributed by atoms with E-state index in [9.17, 15) is 9.59 Å². The fourth-order valence-corrected chi connectivity index (χ4v) is 2.55. The Morgan fingerprint density at radius 1 is 1.05 bits per heavy atom. The van der Waals surface area contributed by atoms with Crippen LogP contribution in [0, 0.1) is 6.92 Å². The van der Waals surface area contributed by atoms with Crippen molar-refractivity contribution in [2.24, 2.45) is 0 Å². The van der Waals surface area contributed by atoms with E-state index in [1.165, 1.54) is 6.07 Å². The van der Waals surface area contributed by atoms with Gasteiger partial charge in [-0.05, 0) is 31.2 Å². The first kappa shape index (κ1) is 11.8. The van der Waals surface area contributed by atoms with Crippen LogP contribution >= 0.6 is 0 Å². The van der Waals surface area contributed by atoms with Crippen molar-refractivity contribution < 1.29 is 8.83 Å². The van der Waals surface area contributed by atoms with Gasteiger partial charge in [0.1, 0.15) is 11.3 Å². The average Bonchev–Trinajstić information content (AvgIpc) is 2.46. The molecule has 0 N–H and O–H groups in total. The maximum atomic E-state index is 12.1. The van der Waals surface area contributed by atoms with Crippen molar-refractivity contribution in [1.29, 1.82) is 0 Å². The number of hydrogen-bond acceptors (Lipinski definition) is 5. The smallest absolute Gasteiger partial charge is 0.345 e. The summed E-state index contributed by atoms with van der Waals surface area (Å²) >= 11 is 0. The lowest BCUT2D eigenvalue weighted by Gasteiger charge is -2.05. The van der Waals surface area contributed by atoms with Crippen molar-refractivity contribution in [1.82, 2.24) is 4.98 Å². The Balaban J connectivity index is 2.44. The maximum Gasteiger partial charge on any atom is 0.345 e. The summed E-state index contributed by atoms with van der Waals surface area (Å²) in [5.74, 6) is 0.496. The molecule has 0 radical (unpaired) electrons. The molecule has 0 saturated heterocycles. The molecule has 0 aliphatic heterocycles. The van der Waals surface area contributed by atoms with E-state index in [0.29, 0.717) is 38.6 Å². The third-order valence-electron chi connectivity index (χ3n) is 3.45. The van der Waals surface area contributed by atoms with Gasteiger partial charge in [0.15, 0.2) is 11.0 Å². The molecule has 0 bridgehead atoms. The Bertz CT molecular complexity index is 1140. The minimum atomic E-state index is -0.458. The highest BCUT2D eigenvalue weighted by Crippen LogP contribution is 2.28. The second-order valence-electron chi connectivity index (χ2n) is 4.83. The van der Waals surface area contributed by atoms with Gasteiger partial charge in [-0.1, -0.05) is 0 Å². The van der Waals surface area contributed by atoms with E-state index in [0.717, 1.165) is 0 Å². The molecule has 0 amide bonds. The maximum absolute atomic E-state index is 12.1. The Hall–Kier alpha value is -2.95. The molecular weight excluding hydrogens is 270 g/mol. The summed E-state index contributed by atoms with van der Waals surface area (Å²) in [7, 11) is 0. The molecule has 0 fully saturated rings. The molecule has 0 spiro atoms.